The molecule has 1 fully saturated rings. The summed E-state index contributed by atoms with van der Waals surface area (Å²) in [7, 11) is -0.554. The Morgan fingerprint density at radius 1 is 1.24 bits per heavy atom. The Morgan fingerprint density at radius 2 is 1.84 bits per heavy atom. The number of allylic oxidation sites excluding steroid dienone is 2. The Bertz CT molecular complexity index is 819. The van der Waals surface area contributed by atoms with Gasteiger partial charge in [-0.25, -0.2) is 12.7 Å². The molecule has 0 saturated heterocycles. The number of amides is 1. The molecule has 5 nitrogen and oxygen atoms in total. The first-order valence-corrected chi connectivity index (χ1v) is 9.82. The van der Waals surface area contributed by atoms with Crippen LogP contribution in [0.4, 0.5) is 5.69 Å². The van der Waals surface area contributed by atoms with Crippen LogP contribution in [0, 0.1) is 24.2 Å². The molecule has 1 aliphatic carbocycles. The van der Waals surface area contributed by atoms with Crippen molar-refractivity contribution in [3.63, 3.8) is 0 Å². The third-order valence-corrected chi connectivity index (χ3v) is 6.88. The van der Waals surface area contributed by atoms with Gasteiger partial charge >= 0.3 is 0 Å². The first-order chi connectivity index (χ1) is 11.4. The molecule has 1 aliphatic rings. The van der Waals surface area contributed by atoms with E-state index in [2.05, 4.69) is 25.2 Å². The van der Waals surface area contributed by atoms with Crippen molar-refractivity contribution in [2.75, 3.05) is 19.4 Å². The Labute approximate surface area is 151 Å². The van der Waals surface area contributed by atoms with Gasteiger partial charge in [-0.05, 0) is 49.8 Å². The second-order valence-corrected chi connectivity index (χ2v) is 9.95. The fraction of sp³-hybridized carbons (Fsp3) is 0.526. The molecule has 0 aromatic heterocycles. The molecule has 6 heteroatoms. The van der Waals surface area contributed by atoms with E-state index in [9.17, 15) is 13.2 Å². The second-order valence-electron chi connectivity index (χ2n) is 7.83. The third-order valence-electron chi connectivity index (χ3n) is 4.92. The highest BCUT2D eigenvalue weighted by molar-refractivity contribution is 7.89. The highest BCUT2D eigenvalue weighted by Crippen LogP contribution is 2.59. The molecule has 138 valence electrons. The number of nitrogens with one attached hydrogen (secondary N) is 1. The lowest BCUT2D eigenvalue weighted by molar-refractivity contribution is -0.118. The summed E-state index contributed by atoms with van der Waals surface area (Å²) in [5.41, 5.74) is 2.28. The maximum Gasteiger partial charge on any atom is 0.242 e. The number of carbonyl (C=O) groups is 1. The summed E-state index contributed by atoms with van der Waals surface area (Å²) in [6, 6.07) is 5.00. The molecule has 0 aliphatic heterocycles. The number of nitrogens with zero attached hydrogens (tertiary/aromatic N) is 1. The fourth-order valence-electron chi connectivity index (χ4n) is 3.22. The summed E-state index contributed by atoms with van der Waals surface area (Å²) in [5, 5.41) is 2.89. The summed E-state index contributed by atoms with van der Waals surface area (Å²) < 4.78 is 26.0. The number of hydrogen-bond donors (Lipinski definition) is 1. The average molecular weight is 365 g/mol. The van der Waals surface area contributed by atoms with Crippen LogP contribution >= 0.6 is 0 Å². The predicted molar refractivity (Wildman–Crippen MR) is 101 cm³/mol. The van der Waals surface area contributed by atoms with Crippen molar-refractivity contribution in [3.8, 4) is 0 Å². The molecule has 0 radical (unpaired) electrons. The van der Waals surface area contributed by atoms with Crippen molar-refractivity contribution in [2.45, 2.75) is 39.5 Å². The maximum atomic E-state index is 12.7. The number of sulfonamides is 1. The van der Waals surface area contributed by atoms with Crippen molar-refractivity contribution < 1.29 is 13.2 Å². The van der Waals surface area contributed by atoms with Crippen LogP contribution < -0.4 is 5.32 Å². The molecular formula is C19H28N2O3S. The van der Waals surface area contributed by atoms with Crippen LogP contribution in [0.3, 0.4) is 0 Å². The number of carbonyl (C=O) groups excluding carboxylic acids is 1. The maximum absolute atomic E-state index is 12.7. The van der Waals surface area contributed by atoms with Gasteiger partial charge in [0.1, 0.15) is 0 Å². The SMILES string of the molecule is CC(C)=C[C@H]1[C@H](C(=O)Nc2ccc(C)c(S(=O)(=O)N(C)C)c2)C1(C)C. The van der Waals surface area contributed by atoms with Gasteiger partial charge in [-0.1, -0.05) is 31.6 Å². The summed E-state index contributed by atoms with van der Waals surface area (Å²) in [6.45, 7) is 9.97. The average Bonchev–Trinajstić information content (AvgIpc) is 3.00. The van der Waals surface area contributed by atoms with E-state index in [0.29, 0.717) is 11.3 Å². The Kier molecular flexibility index (Phi) is 5.17. The molecule has 0 unspecified atom stereocenters. The van der Waals surface area contributed by atoms with Crippen LogP contribution in [0.15, 0.2) is 34.7 Å². The summed E-state index contributed by atoms with van der Waals surface area (Å²) in [6.07, 6.45) is 2.14. The Balaban J connectivity index is 2.25. The highest BCUT2D eigenvalue weighted by atomic mass is 32.2. The molecule has 2 rings (SSSR count). The van der Waals surface area contributed by atoms with Crippen LogP contribution in [0.1, 0.15) is 33.3 Å². The minimum atomic E-state index is -3.55. The van der Waals surface area contributed by atoms with Gasteiger partial charge in [0.25, 0.3) is 0 Å². The van der Waals surface area contributed by atoms with Gasteiger partial charge in [-0.2, -0.15) is 0 Å². The minimum absolute atomic E-state index is 0.0652. The first kappa shape index (κ1) is 19.7. The topological polar surface area (TPSA) is 66.5 Å². The number of aryl methyl sites for hydroxylation is 1. The van der Waals surface area contributed by atoms with Crippen LogP contribution in [-0.4, -0.2) is 32.7 Å². The van der Waals surface area contributed by atoms with Gasteiger partial charge in [0.2, 0.25) is 15.9 Å². The standard InChI is InChI=1S/C19H28N2O3S/c1-12(2)10-15-17(19(15,4)5)18(22)20-14-9-8-13(3)16(11-14)25(23,24)21(6)7/h8-11,15,17H,1-7H3,(H,20,22)/t15-,17+/m0/s1. The summed E-state index contributed by atoms with van der Waals surface area (Å²) in [5.74, 6) is 0.0510. The van der Waals surface area contributed by atoms with Gasteiger partial charge in [-0.15, -0.1) is 0 Å². The monoisotopic (exact) mass is 364 g/mol. The van der Waals surface area contributed by atoms with E-state index in [0.717, 1.165) is 0 Å². The lowest BCUT2D eigenvalue weighted by atomic mass is 10.1. The van der Waals surface area contributed by atoms with Gasteiger partial charge in [-0.3, -0.25) is 4.79 Å². The molecule has 25 heavy (non-hydrogen) atoms. The van der Waals surface area contributed by atoms with E-state index in [1.807, 2.05) is 13.8 Å². The van der Waals surface area contributed by atoms with E-state index < -0.39 is 10.0 Å². The molecular weight excluding hydrogens is 336 g/mol. The van der Waals surface area contributed by atoms with Crippen molar-refractivity contribution >= 4 is 21.6 Å². The lowest BCUT2D eigenvalue weighted by Gasteiger charge is -2.15. The highest BCUT2D eigenvalue weighted by Gasteiger charge is 2.60. The molecule has 1 amide bonds. The van der Waals surface area contributed by atoms with Gasteiger partial charge in [0.15, 0.2) is 0 Å². The zero-order valence-electron chi connectivity index (χ0n) is 16.0. The molecule has 0 bridgehead atoms. The molecule has 0 heterocycles. The van der Waals surface area contributed by atoms with Gasteiger partial charge in [0, 0.05) is 19.8 Å². The normalized spacial score (nSPS) is 21.8. The number of rotatable bonds is 5. The van der Waals surface area contributed by atoms with E-state index in [1.54, 1.807) is 19.1 Å². The van der Waals surface area contributed by atoms with E-state index in [4.69, 9.17) is 0 Å². The number of benzene rings is 1. The molecule has 1 aromatic carbocycles. The lowest BCUT2D eigenvalue weighted by Crippen LogP contribution is -2.23. The quantitative estimate of drug-likeness (QED) is 0.814. The molecule has 0 spiro atoms. The zero-order chi connectivity index (χ0) is 19.2. The Morgan fingerprint density at radius 3 is 2.36 bits per heavy atom. The smallest absolute Gasteiger partial charge is 0.242 e. The van der Waals surface area contributed by atoms with Crippen molar-refractivity contribution in [3.05, 3.63) is 35.4 Å². The minimum Gasteiger partial charge on any atom is -0.326 e. The van der Waals surface area contributed by atoms with Crippen molar-refractivity contribution in [2.24, 2.45) is 17.3 Å². The van der Waals surface area contributed by atoms with E-state index >= 15 is 0 Å². The number of anilines is 1. The third kappa shape index (κ3) is 3.80. The van der Waals surface area contributed by atoms with E-state index in [1.165, 1.54) is 30.0 Å². The van der Waals surface area contributed by atoms with E-state index in [-0.39, 0.29) is 28.1 Å². The second kappa shape index (κ2) is 6.57. The molecule has 2 atom stereocenters. The van der Waals surface area contributed by atoms with Crippen LogP contribution in [0.2, 0.25) is 0 Å². The largest absolute Gasteiger partial charge is 0.326 e. The van der Waals surface area contributed by atoms with Crippen LogP contribution in [-0.2, 0) is 14.8 Å². The summed E-state index contributed by atoms with van der Waals surface area (Å²) >= 11 is 0. The predicted octanol–water partition coefficient (Wildman–Crippen LogP) is 3.42. The number of hydrogen-bond acceptors (Lipinski definition) is 3. The fourth-order valence-corrected chi connectivity index (χ4v) is 4.37. The molecule has 1 saturated carbocycles. The first-order valence-electron chi connectivity index (χ1n) is 8.38. The van der Waals surface area contributed by atoms with Gasteiger partial charge < -0.3 is 5.32 Å². The Hall–Kier alpha value is -1.66. The van der Waals surface area contributed by atoms with Crippen LogP contribution in [0.25, 0.3) is 0 Å². The molecule has 1 N–H and O–H groups in total. The zero-order valence-corrected chi connectivity index (χ0v) is 16.9. The molecule has 1 aromatic rings. The van der Waals surface area contributed by atoms with Crippen LogP contribution in [0.5, 0.6) is 0 Å². The van der Waals surface area contributed by atoms with Crippen molar-refractivity contribution in [1.29, 1.82) is 0 Å². The summed E-state index contributed by atoms with van der Waals surface area (Å²) in [4.78, 5) is 12.9. The van der Waals surface area contributed by atoms with Crippen molar-refractivity contribution in [1.82, 2.24) is 4.31 Å². The van der Waals surface area contributed by atoms with Gasteiger partial charge in [0.05, 0.1) is 10.8 Å².